The predicted octanol–water partition coefficient (Wildman–Crippen LogP) is 3.43. The van der Waals surface area contributed by atoms with Crippen molar-refractivity contribution in [3.8, 4) is 5.75 Å². The van der Waals surface area contributed by atoms with Crippen molar-refractivity contribution in [2.45, 2.75) is 33.7 Å². The van der Waals surface area contributed by atoms with Crippen LogP contribution in [0.15, 0.2) is 29.3 Å². The lowest BCUT2D eigenvalue weighted by Gasteiger charge is -2.15. The van der Waals surface area contributed by atoms with E-state index in [4.69, 9.17) is 9.47 Å². The van der Waals surface area contributed by atoms with Crippen LogP contribution in [0.3, 0.4) is 0 Å². The molecule has 0 radical (unpaired) electrons. The van der Waals surface area contributed by atoms with Crippen molar-refractivity contribution in [2.75, 3.05) is 33.4 Å². The molecule has 1 aromatic carbocycles. The molecule has 138 valence electrons. The first-order valence-corrected chi connectivity index (χ1v) is 8.40. The van der Waals surface area contributed by atoms with E-state index in [1.807, 2.05) is 25.1 Å². The zero-order chi connectivity index (χ0) is 16.9. The summed E-state index contributed by atoms with van der Waals surface area (Å²) in [4.78, 5) is 4.24. The van der Waals surface area contributed by atoms with E-state index in [9.17, 15) is 0 Å². The van der Waals surface area contributed by atoms with Crippen LogP contribution in [0.5, 0.6) is 5.75 Å². The fraction of sp³-hybridized carbons (Fsp3) is 0.611. The number of para-hydroxylation sites is 1. The number of halogens is 1. The first-order chi connectivity index (χ1) is 11.2. The van der Waals surface area contributed by atoms with Gasteiger partial charge in [0.2, 0.25) is 0 Å². The topological polar surface area (TPSA) is 54.9 Å². The Morgan fingerprint density at radius 1 is 1.21 bits per heavy atom. The molecule has 1 rings (SSSR count). The van der Waals surface area contributed by atoms with E-state index >= 15 is 0 Å². The molecule has 5 nitrogen and oxygen atoms in total. The molecule has 0 heterocycles. The van der Waals surface area contributed by atoms with Crippen LogP contribution in [-0.2, 0) is 11.3 Å². The molecule has 0 amide bonds. The molecule has 2 N–H and O–H groups in total. The highest BCUT2D eigenvalue weighted by molar-refractivity contribution is 14.0. The van der Waals surface area contributed by atoms with Crippen LogP contribution in [0.4, 0.5) is 0 Å². The van der Waals surface area contributed by atoms with Crippen LogP contribution in [0, 0.1) is 5.92 Å². The molecule has 24 heavy (non-hydrogen) atoms. The minimum atomic E-state index is 0. The van der Waals surface area contributed by atoms with Crippen molar-refractivity contribution in [3.05, 3.63) is 29.8 Å². The van der Waals surface area contributed by atoms with Gasteiger partial charge in [-0.1, -0.05) is 32.0 Å². The Morgan fingerprint density at radius 2 is 1.96 bits per heavy atom. The highest BCUT2D eigenvalue weighted by Gasteiger charge is 2.05. The SMILES string of the molecule is CCOCCCNC(=NC)NCc1ccccc1OCC(C)C.I. The number of nitrogens with zero attached hydrogens (tertiary/aromatic N) is 1. The van der Waals surface area contributed by atoms with Crippen LogP contribution in [-0.4, -0.2) is 39.4 Å². The molecule has 0 spiro atoms. The molecule has 0 saturated heterocycles. The van der Waals surface area contributed by atoms with Gasteiger partial charge in [0.1, 0.15) is 5.75 Å². The summed E-state index contributed by atoms with van der Waals surface area (Å²) in [6, 6.07) is 8.11. The summed E-state index contributed by atoms with van der Waals surface area (Å²) >= 11 is 0. The number of hydrogen-bond donors (Lipinski definition) is 2. The summed E-state index contributed by atoms with van der Waals surface area (Å²) in [7, 11) is 1.78. The molecule has 0 unspecified atom stereocenters. The highest BCUT2D eigenvalue weighted by atomic mass is 127. The van der Waals surface area contributed by atoms with E-state index in [0.717, 1.165) is 50.1 Å². The minimum Gasteiger partial charge on any atom is -0.493 e. The Kier molecular flexibility index (Phi) is 13.7. The van der Waals surface area contributed by atoms with Gasteiger partial charge in [0.05, 0.1) is 6.61 Å². The second kappa shape index (κ2) is 14.3. The van der Waals surface area contributed by atoms with Crippen LogP contribution in [0.1, 0.15) is 32.8 Å². The summed E-state index contributed by atoms with van der Waals surface area (Å²) in [5, 5.41) is 6.61. The maximum Gasteiger partial charge on any atom is 0.191 e. The normalized spacial score (nSPS) is 11.1. The Bertz CT molecular complexity index is 467. The summed E-state index contributed by atoms with van der Waals surface area (Å²) in [6.07, 6.45) is 0.961. The molecular formula is C18H32IN3O2. The third-order valence-corrected chi connectivity index (χ3v) is 3.18. The first kappa shape index (κ1) is 23.0. The summed E-state index contributed by atoms with van der Waals surface area (Å²) in [5.41, 5.74) is 1.13. The Morgan fingerprint density at radius 3 is 2.62 bits per heavy atom. The van der Waals surface area contributed by atoms with Crippen LogP contribution >= 0.6 is 24.0 Å². The number of hydrogen-bond acceptors (Lipinski definition) is 3. The predicted molar refractivity (Wildman–Crippen MR) is 112 cm³/mol. The third-order valence-electron chi connectivity index (χ3n) is 3.18. The zero-order valence-corrected chi connectivity index (χ0v) is 17.6. The highest BCUT2D eigenvalue weighted by Crippen LogP contribution is 2.18. The Hall–Kier alpha value is -1.02. The monoisotopic (exact) mass is 449 g/mol. The smallest absolute Gasteiger partial charge is 0.191 e. The molecule has 6 heteroatoms. The molecule has 0 aliphatic heterocycles. The molecule has 0 fully saturated rings. The molecule has 0 aromatic heterocycles. The largest absolute Gasteiger partial charge is 0.493 e. The van der Waals surface area contributed by atoms with Crippen molar-refractivity contribution in [1.29, 1.82) is 0 Å². The van der Waals surface area contributed by atoms with Crippen molar-refractivity contribution in [2.24, 2.45) is 10.9 Å². The van der Waals surface area contributed by atoms with E-state index in [1.165, 1.54) is 0 Å². The molecule has 0 atom stereocenters. The summed E-state index contributed by atoms with van der Waals surface area (Å²) in [6.45, 7) is 10.1. The second-order valence-corrected chi connectivity index (χ2v) is 5.72. The van der Waals surface area contributed by atoms with E-state index in [2.05, 4.69) is 35.5 Å². The number of ether oxygens (including phenoxy) is 2. The van der Waals surface area contributed by atoms with Crippen LogP contribution in [0.2, 0.25) is 0 Å². The van der Waals surface area contributed by atoms with Gasteiger partial charge in [-0.15, -0.1) is 24.0 Å². The zero-order valence-electron chi connectivity index (χ0n) is 15.3. The minimum absolute atomic E-state index is 0. The molecule has 0 bridgehead atoms. The first-order valence-electron chi connectivity index (χ1n) is 8.40. The van der Waals surface area contributed by atoms with Crippen molar-refractivity contribution in [3.63, 3.8) is 0 Å². The quantitative estimate of drug-likeness (QED) is 0.249. The number of aliphatic imine (C=N–C) groups is 1. The van der Waals surface area contributed by atoms with E-state index in [1.54, 1.807) is 7.05 Å². The van der Waals surface area contributed by atoms with Gasteiger partial charge in [0, 0.05) is 38.9 Å². The fourth-order valence-corrected chi connectivity index (χ4v) is 1.97. The van der Waals surface area contributed by atoms with E-state index < -0.39 is 0 Å². The Balaban J connectivity index is 0.00000529. The lowest BCUT2D eigenvalue weighted by molar-refractivity contribution is 0.145. The number of nitrogens with one attached hydrogen (secondary N) is 2. The molecule has 0 saturated carbocycles. The lowest BCUT2D eigenvalue weighted by atomic mass is 10.2. The molecule has 0 aliphatic carbocycles. The Labute approximate surface area is 163 Å². The van der Waals surface area contributed by atoms with Crippen molar-refractivity contribution >= 4 is 29.9 Å². The number of benzene rings is 1. The van der Waals surface area contributed by atoms with Gasteiger partial charge in [0.25, 0.3) is 0 Å². The third kappa shape index (κ3) is 9.97. The molecule has 0 aliphatic rings. The fourth-order valence-electron chi connectivity index (χ4n) is 1.97. The van der Waals surface area contributed by atoms with Crippen LogP contribution < -0.4 is 15.4 Å². The number of guanidine groups is 1. The summed E-state index contributed by atoms with van der Waals surface area (Å²) < 4.78 is 11.2. The van der Waals surface area contributed by atoms with Crippen molar-refractivity contribution in [1.82, 2.24) is 10.6 Å². The number of rotatable bonds is 10. The average Bonchev–Trinajstić information content (AvgIpc) is 2.56. The van der Waals surface area contributed by atoms with Gasteiger partial charge < -0.3 is 20.1 Å². The maximum absolute atomic E-state index is 5.87. The lowest BCUT2D eigenvalue weighted by Crippen LogP contribution is -2.37. The summed E-state index contributed by atoms with van der Waals surface area (Å²) in [5.74, 6) is 2.23. The maximum atomic E-state index is 5.87. The van der Waals surface area contributed by atoms with Gasteiger partial charge in [-0.25, -0.2) is 0 Å². The van der Waals surface area contributed by atoms with Gasteiger partial charge >= 0.3 is 0 Å². The van der Waals surface area contributed by atoms with Gasteiger partial charge in [0.15, 0.2) is 5.96 Å². The standard InChI is InChI=1S/C18H31N3O2.HI/c1-5-22-12-8-11-20-18(19-4)21-13-16-9-6-7-10-17(16)23-14-15(2)3;/h6-7,9-10,15H,5,8,11-14H2,1-4H3,(H2,19,20,21);1H. The van der Waals surface area contributed by atoms with Gasteiger partial charge in [-0.05, 0) is 25.3 Å². The molecular weight excluding hydrogens is 417 g/mol. The van der Waals surface area contributed by atoms with E-state index in [-0.39, 0.29) is 24.0 Å². The van der Waals surface area contributed by atoms with Gasteiger partial charge in [-0.3, -0.25) is 4.99 Å². The van der Waals surface area contributed by atoms with E-state index in [0.29, 0.717) is 12.5 Å². The van der Waals surface area contributed by atoms with Crippen molar-refractivity contribution < 1.29 is 9.47 Å². The van der Waals surface area contributed by atoms with Gasteiger partial charge in [-0.2, -0.15) is 0 Å². The molecule has 1 aromatic rings. The van der Waals surface area contributed by atoms with Crippen LogP contribution in [0.25, 0.3) is 0 Å². The average molecular weight is 449 g/mol. The second-order valence-electron chi connectivity index (χ2n) is 5.72.